The van der Waals surface area contributed by atoms with E-state index in [9.17, 15) is 4.79 Å². The van der Waals surface area contributed by atoms with Crippen LogP contribution in [0.1, 0.15) is 46.1 Å². The third-order valence-corrected chi connectivity index (χ3v) is 7.39. The Morgan fingerprint density at radius 3 is 2.62 bits per heavy atom. The molecule has 1 aliphatic heterocycles. The molecule has 0 aliphatic carbocycles. The Hall–Kier alpha value is -2.31. The van der Waals surface area contributed by atoms with Crippen LogP contribution in [-0.4, -0.2) is 29.4 Å². The molecular weight excluding hydrogens is 400 g/mol. The zero-order valence-electron chi connectivity index (χ0n) is 16.6. The number of thiazole rings is 1. The van der Waals surface area contributed by atoms with Crippen LogP contribution >= 0.6 is 23.1 Å². The summed E-state index contributed by atoms with van der Waals surface area (Å²) < 4.78 is 6.34. The first-order valence-corrected chi connectivity index (χ1v) is 11.6. The van der Waals surface area contributed by atoms with Crippen molar-refractivity contribution < 1.29 is 9.53 Å². The lowest BCUT2D eigenvalue weighted by Gasteiger charge is -2.25. The number of ether oxygens (including phenoxy) is 1. The van der Waals surface area contributed by atoms with Gasteiger partial charge in [0.2, 0.25) is 0 Å². The fourth-order valence-corrected chi connectivity index (χ4v) is 5.44. The maximum Gasteiger partial charge on any atom is 0.254 e. The van der Waals surface area contributed by atoms with E-state index in [0.29, 0.717) is 0 Å². The Balaban J connectivity index is 1.42. The minimum atomic E-state index is 0.109. The highest BCUT2D eigenvalue weighted by atomic mass is 32.2. The number of hydrogen-bond acceptors (Lipinski definition) is 5. The van der Waals surface area contributed by atoms with E-state index in [1.807, 2.05) is 36.1 Å². The molecule has 0 spiro atoms. The summed E-state index contributed by atoms with van der Waals surface area (Å²) >= 11 is 3.41. The van der Waals surface area contributed by atoms with Crippen molar-refractivity contribution >= 4 is 29.0 Å². The van der Waals surface area contributed by atoms with Gasteiger partial charge >= 0.3 is 0 Å². The van der Waals surface area contributed by atoms with Crippen molar-refractivity contribution in [1.82, 2.24) is 9.88 Å². The molecule has 1 fully saturated rings. The molecule has 1 aromatic heterocycles. The Labute approximate surface area is 179 Å². The van der Waals surface area contributed by atoms with E-state index in [2.05, 4.69) is 34.6 Å². The van der Waals surface area contributed by atoms with E-state index in [4.69, 9.17) is 4.74 Å². The minimum Gasteiger partial charge on any atom is -0.497 e. The lowest BCUT2D eigenvalue weighted by molar-refractivity contribution is 0.0735. The lowest BCUT2D eigenvalue weighted by Crippen LogP contribution is -2.30. The molecule has 0 saturated carbocycles. The molecular formula is C23H24N2O2S2. The van der Waals surface area contributed by atoms with Crippen LogP contribution in [0.25, 0.3) is 0 Å². The summed E-state index contributed by atoms with van der Waals surface area (Å²) in [5.41, 5.74) is 4.19. The van der Waals surface area contributed by atoms with E-state index in [0.717, 1.165) is 46.5 Å². The summed E-state index contributed by atoms with van der Waals surface area (Å²) in [6.07, 6.45) is 2.03. The predicted molar refractivity (Wildman–Crippen MR) is 119 cm³/mol. The Morgan fingerprint density at radius 2 is 1.97 bits per heavy atom. The summed E-state index contributed by atoms with van der Waals surface area (Å²) in [5, 5.41) is 2.07. The molecule has 1 saturated heterocycles. The van der Waals surface area contributed by atoms with E-state index in [-0.39, 0.29) is 11.9 Å². The average Bonchev–Trinajstić information content (AvgIpc) is 3.41. The van der Waals surface area contributed by atoms with Crippen LogP contribution < -0.4 is 4.74 Å². The van der Waals surface area contributed by atoms with Crippen molar-refractivity contribution in [2.24, 2.45) is 0 Å². The number of carbonyl (C=O) groups excluding carboxylic acids is 1. The number of methoxy groups -OCH3 is 1. The Bertz CT molecular complexity index is 967. The van der Waals surface area contributed by atoms with Crippen LogP contribution in [-0.2, 0) is 5.75 Å². The first-order valence-electron chi connectivity index (χ1n) is 9.73. The van der Waals surface area contributed by atoms with Crippen molar-refractivity contribution in [2.45, 2.75) is 35.9 Å². The summed E-state index contributed by atoms with van der Waals surface area (Å²) in [6.45, 7) is 2.81. The zero-order valence-corrected chi connectivity index (χ0v) is 18.3. The monoisotopic (exact) mass is 424 g/mol. The van der Waals surface area contributed by atoms with Crippen molar-refractivity contribution in [2.75, 3.05) is 13.7 Å². The first-order chi connectivity index (χ1) is 14.1. The van der Waals surface area contributed by atoms with Gasteiger partial charge in [0.1, 0.15) is 10.1 Å². The molecule has 1 amide bonds. The van der Waals surface area contributed by atoms with Gasteiger partial charge in [-0.15, -0.1) is 11.3 Å². The molecule has 0 bridgehead atoms. The fourth-order valence-electron chi connectivity index (χ4n) is 3.64. The maximum atomic E-state index is 13.1. The molecule has 1 atom stereocenters. The van der Waals surface area contributed by atoms with E-state index < -0.39 is 0 Å². The normalized spacial score (nSPS) is 16.2. The highest BCUT2D eigenvalue weighted by Gasteiger charge is 2.30. The van der Waals surface area contributed by atoms with Crippen molar-refractivity contribution in [3.8, 4) is 5.75 Å². The van der Waals surface area contributed by atoms with E-state index in [1.54, 1.807) is 30.2 Å². The number of aromatic nitrogens is 1. The zero-order chi connectivity index (χ0) is 20.2. The SMILES string of the molecule is COc1ccc(C2CCCN2C(=O)c2ccc(CSc3nc(C)cs3)cc2)cc1. The Morgan fingerprint density at radius 1 is 1.21 bits per heavy atom. The van der Waals surface area contributed by atoms with Gasteiger partial charge in [0, 0.05) is 28.9 Å². The minimum absolute atomic E-state index is 0.109. The number of hydrogen-bond donors (Lipinski definition) is 0. The van der Waals surface area contributed by atoms with Gasteiger partial charge in [-0.2, -0.15) is 0 Å². The van der Waals surface area contributed by atoms with Gasteiger partial charge in [-0.3, -0.25) is 4.79 Å². The summed E-state index contributed by atoms with van der Waals surface area (Å²) in [6, 6.07) is 16.2. The van der Waals surface area contributed by atoms with Crippen LogP contribution in [0, 0.1) is 6.92 Å². The number of thioether (sulfide) groups is 1. The molecule has 4 rings (SSSR count). The third kappa shape index (κ3) is 4.65. The number of amides is 1. The second kappa shape index (κ2) is 9.01. The molecule has 3 aromatic rings. The molecule has 1 unspecified atom stereocenters. The second-order valence-electron chi connectivity index (χ2n) is 7.17. The maximum absolute atomic E-state index is 13.1. The van der Waals surface area contributed by atoms with Crippen LogP contribution in [0.2, 0.25) is 0 Å². The first kappa shape index (κ1) is 20.0. The topological polar surface area (TPSA) is 42.4 Å². The van der Waals surface area contributed by atoms with Crippen LogP contribution in [0.3, 0.4) is 0 Å². The van der Waals surface area contributed by atoms with Gasteiger partial charge in [-0.1, -0.05) is 36.0 Å². The third-order valence-electron chi connectivity index (χ3n) is 5.18. The number of aryl methyl sites for hydroxylation is 1. The largest absolute Gasteiger partial charge is 0.497 e. The molecule has 150 valence electrons. The molecule has 4 nitrogen and oxygen atoms in total. The number of likely N-dealkylation sites (tertiary alicyclic amines) is 1. The second-order valence-corrected chi connectivity index (χ2v) is 9.25. The highest BCUT2D eigenvalue weighted by Crippen LogP contribution is 2.34. The quantitative estimate of drug-likeness (QED) is 0.474. The van der Waals surface area contributed by atoms with Gasteiger partial charge in [-0.25, -0.2) is 4.98 Å². The van der Waals surface area contributed by atoms with E-state index in [1.165, 1.54) is 11.1 Å². The number of benzene rings is 2. The molecule has 2 heterocycles. The predicted octanol–water partition coefficient (Wildman–Crippen LogP) is 5.73. The Kier molecular flexibility index (Phi) is 6.21. The van der Waals surface area contributed by atoms with Gasteiger partial charge in [0.25, 0.3) is 5.91 Å². The summed E-state index contributed by atoms with van der Waals surface area (Å²) in [7, 11) is 1.67. The number of rotatable bonds is 6. The fraction of sp³-hybridized carbons (Fsp3) is 0.304. The van der Waals surface area contributed by atoms with Crippen molar-refractivity contribution in [1.29, 1.82) is 0 Å². The molecule has 2 aromatic carbocycles. The number of nitrogens with zero attached hydrogens (tertiary/aromatic N) is 2. The molecule has 29 heavy (non-hydrogen) atoms. The van der Waals surface area contributed by atoms with Crippen molar-refractivity contribution in [3.05, 3.63) is 76.3 Å². The molecule has 0 N–H and O–H groups in total. The lowest BCUT2D eigenvalue weighted by atomic mass is 10.0. The van der Waals surface area contributed by atoms with Gasteiger partial charge in [0.05, 0.1) is 13.2 Å². The standard InChI is InChI=1S/C23H24N2O2S2/c1-16-14-28-23(24-16)29-15-17-5-7-19(8-6-17)22(26)25-13-3-4-21(25)18-9-11-20(27-2)12-10-18/h5-12,14,21H,3-4,13,15H2,1-2H3. The van der Waals surface area contributed by atoms with Gasteiger partial charge in [-0.05, 0) is 55.2 Å². The molecule has 6 heteroatoms. The van der Waals surface area contributed by atoms with Crippen LogP contribution in [0.15, 0.2) is 58.3 Å². The van der Waals surface area contributed by atoms with Crippen LogP contribution in [0.4, 0.5) is 0 Å². The molecule has 0 radical (unpaired) electrons. The molecule has 1 aliphatic rings. The van der Waals surface area contributed by atoms with Crippen LogP contribution in [0.5, 0.6) is 5.75 Å². The number of carbonyl (C=O) groups is 1. The van der Waals surface area contributed by atoms with Crippen molar-refractivity contribution in [3.63, 3.8) is 0 Å². The van der Waals surface area contributed by atoms with E-state index >= 15 is 0 Å². The average molecular weight is 425 g/mol. The summed E-state index contributed by atoms with van der Waals surface area (Å²) in [5.74, 6) is 1.81. The van der Waals surface area contributed by atoms with Gasteiger partial charge < -0.3 is 9.64 Å². The smallest absolute Gasteiger partial charge is 0.254 e. The van der Waals surface area contributed by atoms with Gasteiger partial charge in [0.15, 0.2) is 0 Å². The highest BCUT2D eigenvalue weighted by molar-refractivity contribution is 8.00. The summed E-state index contributed by atoms with van der Waals surface area (Å²) in [4.78, 5) is 19.6.